The van der Waals surface area contributed by atoms with Crippen LogP contribution in [-0.4, -0.2) is 48.7 Å². The van der Waals surface area contributed by atoms with E-state index in [4.69, 9.17) is 0 Å². The zero-order chi connectivity index (χ0) is 7.40. The van der Waals surface area contributed by atoms with E-state index in [-0.39, 0.29) is 0 Å². The lowest BCUT2D eigenvalue weighted by Crippen LogP contribution is -2.50. The summed E-state index contributed by atoms with van der Waals surface area (Å²) in [6.45, 7) is 4.14. The highest BCUT2D eigenvalue weighted by Gasteiger charge is 2.11. The number of rotatable bonds is 2. The zero-order valence-electron chi connectivity index (χ0n) is 6.13. The van der Waals surface area contributed by atoms with Gasteiger partial charge in [-0.05, 0) is 0 Å². The Hall–Kier alpha value is -0.190. The van der Waals surface area contributed by atoms with Crippen LogP contribution in [-0.2, 0) is 0 Å². The molecule has 1 aliphatic heterocycles. The van der Waals surface area contributed by atoms with Crippen LogP contribution in [0.4, 0.5) is 0 Å². The molecule has 1 fully saturated rings. The molecule has 0 aliphatic carbocycles. The summed E-state index contributed by atoms with van der Waals surface area (Å²) in [5.74, 6) is 0. The van der Waals surface area contributed by atoms with Gasteiger partial charge in [-0.2, -0.15) is 0 Å². The topological polar surface area (TPSA) is 18.5 Å². The third-order valence-corrected chi connectivity index (χ3v) is 1.91. The summed E-state index contributed by atoms with van der Waals surface area (Å²) in [5, 5.41) is 7.28. The van der Waals surface area contributed by atoms with Crippen LogP contribution < -0.4 is 5.32 Å². The second kappa shape index (κ2) is 3.85. The summed E-state index contributed by atoms with van der Waals surface area (Å²) in [4.78, 5) is 0. The predicted octanol–water partition coefficient (Wildman–Crippen LogP) is -0.427. The lowest BCUT2D eigenvalue weighted by atomic mass is 10.4. The first-order valence-corrected chi connectivity index (χ1v) is 3.82. The fraction of sp³-hybridized carbons (Fsp3) is 0.833. The van der Waals surface area contributed by atoms with Gasteiger partial charge >= 0.3 is 0 Å². The Morgan fingerprint density at radius 3 is 2.60 bits per heavy atom. The van der Waals surface area contributed by atoms with Crippen LogP contribution in [0.25, 0.3) is 0 Å². The van der Waals surface area contributed by atoms with Crippen molar-refractivity contribution in [3.63, 3.8) is 0 Å². The monoisotopic (exact) mass is 158 g/mol. The molecule has 0 aromatic heterocycles. The molecule has 3 nitrogen and oxygen atoms in total. The van der Waals surface area contributed by atoms with Gasteiger partial charge in [0.15, 0.2) is 5.49 Å². The normalized spacial score (nSPS) is 20.5. The van der Waals surface area contributed by atoms with Crippen molar-refractivity contribution in [2.24, 2.45) is 0 Å². The Balaban J connectivity index is 2.30. The van der Waals surface area contributed by atoms with E-state index < -0.39 is 0 Å². The number of hydrogen-bond acceptors (Lipinski definition) is 3. The van der Waals surface area contributed by atoms with E-state index >= 15 is 0 Å². The van der Waals surface area contributed by atoms with Gasteiger partial charge < -0.3 is 5.32 Å². The molecule has 10 heavy (non-hydrogen) atoms. The fourth-order valence-corrected chi connectivity index (χ4v) is 1.13. The molecule has 0 amide bonds. The van der Waals surface area contributed by atoms with Gasteiger partial charge in [0.05, 0.1) is 0 Å². The first kappa shape index (κ1) is 7.91. The minimum Gasteiger partial charge on any atom is -0.314 e. The molecule has 4 heteroatoms. The molecule has 0 aromatic rings. The van der Waals surface area contributed by atoms with E-state index in [1.54, 1.807) is 0 Å². The maximum absolute atomic E-state index is 4.67. The summed E-state index contributed by atoms with van der Waals surface area (Å²) in [5.41, 5.74) is 2.65. The Bertz CT molecular complexity index is 112. The largest absolute Gasteiger partial charge is 0.314 e. The molecule has 1 N–H and O–H groups in total. The van der Waals surface area contributed by atoms with Gasteiger partial charge in [0.2, 0.25) is 0 Å². The molecule has 0 saturated carbocycles. The standard InChI is InChI=1S/C6H12N3S/c1-8(6-10)9-4-2-7-3-5-9/h7H,2-5H2,1H3. The number of piperazine rings is 1. The van der Waals surface area contributed by atoms with Gasteiger partial charge in [0.1, 0.15) is 0 Å². The lowest BCUT2D eigenvalue weighted by Gasteiger charge is -2.32. The third kappa shape index (κ3) is 1.90. The first-order chi connectivity index (χ1) is 4.84. The van der Waals surface area contributed by atoms with Crippen LogP contribution >= 0.6 is 12.2 Å². The number of nitrogens with one attached hydrogen (secondary N) is 1. The van der Waals surface area contributed by atoms with E-state index in [9.17, 15) is 0 Å². The Morgan fingerprint density at radius 2 is 2.10 bits per heavy atom. The van der Waals surface area contributed by atoms with Gasteiger partial charge in [-0.1, -0.05) is 12.2 Å². The second-order valence-corrected chi connectivity index (χ2v) is 2.50. The van der Waals surface area contributed by atoms with E-state index in [1.165, 1.54) is 0 Å². The summed E-state index contributed by atoms with van der Waals surface area (Å²) < 4.78 is 0. The van der Waals surface area contributed by atoms with Gasteiger partial charge in [0, 0.05) is 33.2 Å². The summed E-state index contributed by atoms with van der Waals surface area (Å²) in [6, 6.07) is 0. The average Bonchev–Trinajstić information content (AvgIpc) is 2.05. The van der Waals surface area contributed by atoms with Gasteiger partial charge in [0.25, 0.3) is 0 Å². The van der Waals surface area contributed by atoms with Crippen LogP contribution in [0.2, 0.25) is 0 Å². The highest BCUT2D eigenvalue weighted by molar-refractivity contribution is 7.78. The van der Waals surface area contributed by atoms with E-state index in [2.05, 4.69) is 28.0 Å². The third-order valence-electron chi connectivity index (χ3n) is 1.65. The van der Waals surface area contributed by atoms with E-state index in [1.807, 2.05) is 12.1 Å². The van der Waals surface area contributed by atoms with Crippen molar-refractivity contribution in [2.75, 3.05) is 33.2 Å². The molecule has 57 valence electrons. The van der Waals surface area contributed by atoms with Crippen LogP contribution in [0.15, 0.2) is 0 Å². The molecule has 0 spiro atoms. The maximum Gasteiger partial charge on any atom is 0.152 e. The van der Waals surface area contributed by atoms with Crippen molar-refractivity contribution in [2.45, 2.75) is 0 Å². The fourth-order valence-electron chi connectivity index (χ4n) is 1.01. The van der Waals surface area contributed by atoms with Crippen LogP contribution in [0, 0.1) is 0 Å². The molecular formula is C6H12N3S. The molecule has 0 unspecified atom stereocenters. The quantitative estimate of drug-likeness (QED) is 0.434. The molecule has 0 atom stereocenters. The molecule has 1 radical (unpaired) electrons. The minimum atomic E-state index is 1.03. The Kier molecular flexibility index (Phi) is 3.05. The zero-order valence-corrected chi connectivity index (χ0v) is 6.95. The Morgan fingerprint density at radius 1 is 1.50 bits per heavy atom. The van der Waals surface area contributed by atoms with Crippen molar-refractivity contribution < 1.29 is 0 Å². The van der Waals surface area contributed by atoms with Crippen LogP contribution in [0.3, 0.4) is 0 Å². The SMILES string of the molecule is CN([C]=S)N1CCNCC1. The Labute approximate surface area is 67.0 Å². The molecule has 1 aliphatic rings. The number of thiocarbonyl (C=S) groups is 1. The number of hydrogen-bond donors (Lipinski definition) is 1. The van der Waals surface area contributed by atoms with Gasteiger partial charge in [-0.3, -0.25) is 5.01 Å². The smallest absolute Gasteiger partial charge is 0.152 e. The van der Waals surface area contributed by atoms with Crippen molar-refractivity contribution in [1.29, 1.82) is 0 Å². The van der Waals surface area contributed by atoms with Crippen molar-refractivity contribution in [3.8, 4) is 0 Å². The summed E-state index contributed by atoms with van der Waals surface area (Å²) in [7, 11) is 1.93. The highest BCUT2D eigenvalue weighted by atomic mass is 32.1. The molecular weight excluding hydrogens is 146 g/mol. The second-order valence-electron chi connectivity index (χ2n) is 2.32. The minimum absolute atomic E-state index is 1.03. The van der Waals surface area contributed by atoms with Gasteiger partial charge in [-0.15, -0.1) is 0 Å². The van der Waals surface area contributed by atoms with Crippen molar-refractivity contribution >= 4 is 17.7 Å². The summed E-state index contributed by atoms with van der Waals surface area (Å²) >= 11 is 4.67. The number of hydrazine groups is 1. The van der Waals surface area contributed by atoms with Crippen LogP contribution in [0.1, 0.15) is 0 Å². The van der Waals surface area contributed by atoms with Crippen LogP contribution in [0.5, 0.6) is 0 Å². The molecule has 1 saturated heterocycles. The van der Waals surface area contributed by atoms with E-state index in [0.29, 0.717) is 0 Å². The first-order valence-electron chi connectivity index (χ1n) is 3.41. The molecule has 0 aromatic carbocycles. The average molecular weight is 158 g/mol. The predicted molar refractivity (Wildman–Crippen MR) is 44.8 cm³/mol. The van der Waals surface area contributed by atoms with Crippen molar-refractivity contribution in [1.82, 2.24) is 15.3 Å². The number of nitrogens with zero attached hydrogens (tertiary/aromatic N) is 2. The highest BCUT2D eigenvalue weighted by Crippen LogP contribution is 1.93. The van der Waals surface area contributed by atoms with E-state index in [0.717, 1.165) is 26.2 Å². The summed E-state index contributed by atoms with van der Waals surface area (Å²) in [6.07, 6.45) is 0. The molecule has 1 rings (SSSR count). The van der Waals surface area contributed by atoms with Gasteiger partial charge in [-0.25, -0.2) is 5.01 Å². The molecule has 1 heterocycles. The maximum atomic E-state index is 4.67. The lowest BCUT2D eigenvalue weighted by molar-refractivity contribution is 0.0628. The van der Waals surface area contributed by atoms with Crippen molar-refractivity contribution in [3.05, 3.63) is 0 Å². The molecule has 0 bridgehead atoms.